The number of Topliss-reactive ketones (excluding diaryl/α,β-unsaturated/α-hetero) is 2. The molecule has 0 radical (unpaired) electrons. The summed E-state index contributed by atoms with van der Waals surface area (Å²) in [6, 6.07) is 0. The van der Waals surface area contributed by atoms with E-state index in [9.17, 15) is 19.8 Å². The van der Waals surface area contributed by atoms with Gasteiger partial charge in [0.2, 0.25) is 0 Å². The Kier molecular flexibility index (Phi) is 3.64. The third kappa shape index (κ3) is 2.21. The maximum absolute atomic E-state index is 13.7. The number of allylic oxidation sites excluding steroid dienone is 1. The molecular weight excluding hydrogens is 372 g/mol. The van der Waals surface area contributed by atoms with E-state index in [2.05, 4.69) is 5.10 Å². The number of phenols is 2. The Balaban J connectivity index is 2.08. The summed E-state index contributed by atoms with van der Waals surface area (Å²) in [5.74, 6) is -0.903. The van der Waals surface area contributed by atoms with Gasteiger partial charge >= 0.3 is 0 Å². The highest BCUT2D eigenvalue weighted by Crippen LogP contribution is 2.58. The number of carbonyl (C=O) groups excluding carboxylic acids is 2. The quantitative estimate of drug-likeness (QED) is 0.712. The lowest BCUT2D eigenvalue weighted by atomic mass is 9.71. The summed E-state index contributed by atoms with van der Waals surface area (Å²) in [7, 11) is 0. The van der Waals surface area contributed by atoms with E-state index >= 15 is 0 Å². The number of hydrogen-bond acceptors (Lipinski definition) is 6. The smallest absolute Gasteiger partial charge is 0.185 e. The summed E-state index contributed by atoms with van der Waals surface area (Å²) in [6.45, 7) is 12.2. The highest BCUT2D eigenvalue weighted by Gasteiger charge is 2.55. The van der Waals surface area contributed by atoms with Crippen molar-refractivity contribution in [1.82, 2.24) is 9.78 Å². The van der Waals surface area contributed by atoms with Crippen LogP contribution < -0.4 is 4.74 Å². The van der Waals surface area contributed by atoms with Crippen molar-refractivity contribution in [2.75, 3.05) is 0 Å². The van der Waals surface area contributed by atoms with Crippen LogP contribution >= 0.6 is 0 Å². The standard InChI is InChI=1S/C22H24N2O5/c1-9-17(26)15(11(3)25)19-16(18(9)27)22(7)13(29-19)8-12-14(20(22)28)10(2)23-24(12)21(4,5)6/h8,26-27H,1-7H3. The van der Waals surface area contributed by atoms with Gasteiger partial charge in [0.15, 0.2) is 11.6 Å². The summed E-state index contributed by atoms with van der Waals surface area (Å²) in [5, 5.41) is 25.8. The van der Waals surface area contributed by atoms with Gasteiger partial charge in [0.1, 0.15) is 34.0 Å². The number of ketones is 2. The van der Waals surface area contributed by atoms with E-state index in [-0.39, 0.29) is 45.3 Å². The van der Waals surface area contributed by atoms with Crippen LogP contribution in [0.2, 0.25) is 0 Å². The average Bonchev–Trinajstić information content (AvgIpc) is 3.08. The van der Waals surface area contributed by atoms with Crippen LogP contribution in [0.5, 0.6) is 17.2 Å². The second-order valence-electron chi connectivity index (χ2n) is 8.95. The summed E-state index contributed by atoms with van der Waals surface area (Å²) in [5.41, 5.74) is 0.331. The molecule has 0 amide bonds. The van der Waals surface area contributed by atoms with Crippen LogP contribution in [0.4, 0.5) is 0 Å². The van der Waals surface area contributed by atoms with E-state index in [1.54, 1.807) is 24.6 Å². The molecule has 1 atom stereocenters. The Morgan fingerprint density at radius 2 is 1.83 bits per heavy atom. The van der Waals surface area contributed by atoms with Crippen LogP contribution in [0.1, 0.15) is 77.8 Å². The second kappa shape index (κ2) is 5.49. The number of aromatic nitrogens is 2. The molecule has 0 saturated heterocycles. The van der Waals surface area contributed by atoms with Crippen LogP contribution in [-0.4, -0.2) is 31.6 Å². The maximum Gasteiger partial charge on any atom is 0.185 e. The van der Waals surface area contributed by atoms with Crippen LogP contribution in [0.15, 0.2) is 5.76 Å². The highest BCUT2D eigenvalue weighted by atomic mass is 16.5. The van der Waals surface area contributed by atoms with Gasteiger partial charge < -0.3 is 14.9 Å². The molecule has 1 aliphatic heterocycles. The normalized spacial score (nSPS) is 20.0. The number of aromatic hydroxyl groups is 2. The van der Waals surface area contributed by atoms with Crippen molar-refractivity contribution in [3.63, 3.8) is 0 Å². The molecule has 0 saturated carbocycles. The molecule has 152 valence electrons. The van der Waals surface area contributed by atoms with E-state index < -0.39 is 11.2 Å². The average molecular weight is 396 g/mol. The lowest BCUT2D eigenvalue weighted by Gasteiger charge is -2.29. The van der Waals surface area contributed by atoms with Crippen LogP contribution in [0, 0.1) is 13.8 Å². The minimum atomic E-state index is -1.31. The monoisotopic (exact) mass is 396 g/mol. The van der Waals surface area contributed by atoms with E-state index in [1.165, 1.54) is 13.8 Å². The van der Waals surface area contributed by atoms with Gasteiger partial charge in [-0.1, -0.05) is 0 Å². The van der Waals surface area contributed by atoms with Gasteiger partial charge in [-0.15, -0.1) is 0 Å². The van der Waals surface area contributed by atoms with Crippen molar-refractivity contribution in [2.24, 2.45) is 0 Å². The molecule has 2 aliphatic rings. The van der Waals surface area contributed by atoms with Gasteiger partial charge in [-0.3, -0.25) is 14.3 Å². The second-order valence-corrected chi connectivity index (χ2v) is 8.95. The zero-order valence-corrected chi connectivity index (χ0v) is 17.6. The predicted octanol–water partition coefficient (Wildman–Crippen LogP) is 3.76. The molecule has 1 aromatic heterocycles. The van der Waals surface area contributed by atoms with E-state index in [0.717, 1.165) is 0 Å². The largest absolute Gasteiger partial charge is 0.507 e. The van der Waals surface area contributed by atoms with Gasteiger partial charge in [-0.25, -0.2) is 0 Å². The van der Waals surface area contributed by atoms with Crippen molar-refractivity contribution >= 4 is 17.6 Å². The summed E-state index contributed by atoms with van der Waals surface area (Å²) in [4.78, 5) is 26.0. The molecule has 2 N–H and O–H groups in total. The molecule has 1 aliphatic carbocycles. The Morgan fingerprint density at radius 3 is 2.38 bits per heavy atom. The maximum atomic E-state index is 13.7. The van der Waals surface area contributed by atoms with Gasteiger partial charge in [-0.2, -0.15) is 5.10 Å². The first-order valence-corrected chi connectivity index (χ1v) is 9.46. The number of aryl methyl sites for hydroxylation is 1. The Hall–Kier alpha value is -3.09. The Labute approximate surface area is 168 Å². The molecule has 29 heavy (non-hydrogen) atoms. The third-order valence-electron chi connectivity index (χ3n) is 5.88. The van der Waals surface area contributed by atoms with E-state index in [0.29, 0.717) is 22.7 Å². The van der Waals surface area contributed by atoms with Crippen LogP contribution in [0.3, 0.4) is 0 Å². The van der Waals surface area contributed by atoms with Crippen LogP contribution in [-0.2, 0) is 11.0 Å². The molecule has 2 heterocycles. The number of carbonyl (C=O) groups is 2. The van der Waals surface area contributed by atoms with Crippen molar-refractivity contribution in [2.45, 2.75) is 59.4 Å². The molecule has 7 nitrogen and oxygen atoms in total. The SMILES string of the molecule is CC(=O)c1c(O)c(C)c(O)c2c1OC1=Cc3c(c(C)nn3C(C)(C)C)C(=O)C12C. The van der Waals surface area contributed by atoms with Gasteiger partial charge in [0.05, 0.1) is 28.1 Å². The fourth-order valence-electron chi connectivity index (χ4n) is 4.30. The number of rotatable bonds is 1. The molecule has 7 heteroatoms. The van der Waals surface area contributed by atoms with E-state index in [1.807, 2.05) is 20.8 Å². The minimum absolute atomic E-state index is 0.0298. The number of nitrogens with zero attached hydrogens (tertiary/aromatic N) is 2. The first-order valence-electron chi connectivity index (χ1n) is 9.46. The fourth-order valence-corrected chi connectivity index (χ4v) is 4.30. The van der Waals surface area contributed by atoms with Crippen molar-refractivity contribution in [1.29, 1.82) is 0 Å². The molecular formula is C22H24N2O5. The van der Waals surface area contributed by atoms with Crippen molar-refractivity contribution in [3.05, 3.63) is 39.4 Å². The lowest BCUT2D eigenvalue weighted by Crippen LogP contribution is -2.37. The Morgan fingerprint density at radius 1 is 1.21 bits per heavy atom. The van der Waals surface area contributed by atoms with Gasteiger partial charge in [0, 0.05) is 11.6 Å². The first kappa shape index (κ1) is 19.2. The molecule has 1 unspecified atom stereocenters. The molecule has 0 spiro atoms. The lowest BCUT2D eigenvalue weighted by molar-refractivity contribution is 0.0904. The predicted molar refractivity (Wildman–Crippen MR) is 107 cm³/mol. The summed E-state index contributed by atoms with van der Waals surface area (Å²) in [6.07, 6.45) is 1.75. The van der Waals surface area contributed by atoms with Gasteiger partial charge in [0.25, 0.3) is 0 Å². The zero-order chi connectivity index (χ0) is 21.6. The van der Waals surface area contributed by atoms with Crippen LogP contribution in [0.25, 0.3) is 6.08 Å². The number of ether oxygens (including phenoxy) is 1. The molecule has 4 rings (SSSR count). The summed E-state index contributed by atoms with van der Waals surface area (Å²) >= 11 is 0. The Bertz CT molecular complexity index is 1160. The molecule has 0 fully saturated rings. The third-order valence-corrected chi connectivity index (χ3v) is 5.88. The minimum Gasteiger partial charge on any atom is -0.507 e. The fraction of sp³-hybridized carbons (Fsp3) is 0.409. The number of phenolic OH excluding ortho intramolecular Hbond substituents is 2. The summed E-state index contributed by atoms with van der Waals surface area (Å²) < 4.78 is 7.77. The topological polar surface area (TPSA) is 102 Å². The number of hydrogen-bond donors (Lipinski definition) is 2. The molecule has 1 aromatic carbocycles. The number of benzene rings is 1. The van der Waals surface area contributed by atoms with Crippen molar-refractivity contribution in [3.8, 4) is 17.2 Å². The number of fused-ring (bicyclic) bond motifs is 4. The first-order chi connectivity index (χ1) is 13.3. The van der Waals surface area contributed by atoms with E-state index in [4.69, 9.17) is 4.74 Å². The zero-order valence-electron chi connectivity index (χ0n) is 17.6. The molecule has 0 bridgehead atoms. The van der Waals surface area contributed by atoms with Gasteiger partial charge in [-0.05, 0) is 48.5 Å². The highest BCUT2D eigenvalue weighted by molar-refractivity contribution is 6.14. The molecule has 2 aromatic rings. The van der Waals surface area contributed by atoms with Crippen molar-refractivity contribution < 1.29 is 24.5 Å².